The number of carbonyl (C=O) groups excluding carboxylic acids is 1. The molecule has 22 heavy (non-hydrogen) atoms. The molecule has 2 aromatic carbocycles. The Morgan fingerprint density at radius 2 is 1.86 bits per heavy atom. The van der Waals surface area contributed by atoms with Gasteiger partial charge in [0, 0.05) is 18.9 Å². The van der Waals surface area contributed by atoms with Crippen LogP contribution in [0, 0.1) is 0 Å². The molecule has 0 saturated heterocycles. The smallest absolute Gasteiger partial charge is 0.243 e. The molecule has 2 aromatic rings. The van der Waals surface area contributed by atoms with Gasteiger partial charge in [-0.2, -0.15) is 0 Å². The quantitative estimate of drug-likeness (QED) is 0.657. The number of nitrogens with one attached hydrogen (secondary N) is 1. The fourth-order valence-electron chi connectivity index (χ4n) is 2.17. The van der Waals surface area contributed by atoms with Gasteiger partial charge in [-0.15, -0.1) is 0 Å². The van der Waals surface area contributed by atoms with E-state index in [9.17, 15) is 13.2 Å². The van der Waals surface area contributed by atoms with Crippen molar-refractivity contribution in [3.63, 3.8) is 0 Å². The van der Waals surface area contributed by atoms with Crippen molar-refractivity contribution in [2.75, 3.05) is 18.6 Å². The van der Waals surface area contributed by atoms with Crippen LogP contribution >= 0.6 is 0 Å². The summed E-state index contributed by atoms with van der Waals surface area (Å²) in [4.78, 5) is 11.7. The predicted octanol–water partition coefficient (Wildman–Crippen LogP) is 2.40. The molecule has 0 aliphatic carbocycles. The van der Waals surface area contributed by atoms with Gasteiger partial charge in [0.15, 0.2) is 0 Å². The van der Waals surface area contributed by atoms with Crippen molar-refractivity contribution >= 4 is 32.6 Å². The summed E-state index contributed by atoms with van der Waals surface area (Å²) in [5.74, 6) is -0.137. The van der Waals surface area contributed by atoms with Crippen molar-refractivity contribution in [3.8, 4) is 0 Å². The van der Waals surface area contributed by atoms with Crippen LogP contribution in [0.3, 0.4) is 0 Å². The number of benzene rings is 2. The lowest BCUT2D eigenvalue weighted by Crippen LogP contribution is -2.23. The Labute approximate surface area is 130 Å². The Morgan fingerprint density at radius 3 is 2.64 bits per heavy atom. The molecule has 0 fully saturated rings. The molecule has 0 atom stereocenters. The highest BCUT2D eigenvalue weighted by atomic mass is 32.2. The van der Waals surface area contributed by atoms with Crippen molar-refractivity contribution in [2.45, 2.75) is 6.42 Å². The van der Waals surface area contributed by atoms with Crippen LogP contribution in [0.2, 0.25) is 0 Å². The standard InChI is InChI=1S/C17H19NO3S/c1-22(20,21)13-5-12-18-17(19)11-10-15-8-4-7-14-6-2-3-9-16(14)15/h2-4,6-11H,5,12-13H2,1H3,(H,18,19). The van der Waals surface area contributed by atoms with Gasteiger partial charge in [0.1, 0.15) is 9.84 Å². The lowest BCUT2D eigenvalue weighted by atomic mass is 10.0. The van der Waals surface area contributed by atoms with E-state index < -0.39 is 9.84 Å². The molecule has 0 radical (unpaired) electrons. The third-order valence-electron chi connectivity index (χ3n) is 3.23. The summed E-state index contributed by atoms with van der Waals surface area (Å²) in [6.07, 6.45) is 4.86. The van der Waals surface area contributed by atoms with Crippen LogP contribution in [0.4, 0.5) is 0 Å². The molecule has 0 aliphatic rings. The summed E-state index contributed by atoms with van der Waals surface area (Å²) in [5.41, 5.74) is 0.976. The van der Waals surface area contributed by atoms with Crippen LogP contribution in [-0.4, -0.2) is 32.9 Å². The number of carbonyl (C=O) groups is 1. The first-order valence-electron chi connectivity index (χ1n) is 7.07. The van der Waals surface area contributed by atoms with Gasteiger partial charge in [0.25, 0.3) is 0 Å². The topological polar surface area (TPSA) is 63.2 Å². The molecule has 0 spiro atoms. The highest BCUT2D eigenvalue weighted by Gasteiger charge is 2.02. The zero-order valence-corrected chi connectivity index (χ0v) is 13.3. The van der Waals surface area contributed by atoms with Gasteiger partial charge in [-0.25, -0.2) is 8.42 Å². The lowest BCUT2D eigenvalue weighted by Gasteiger charge is -2.03. The Balaban J connectivity index is 1.94. The van der Waals surface area contributed by atoms with E-state index in [0.29, 0.717) is 13.0 Å². The highest BCUT2D eigenvalue weighted by Crippen LogP contribution is 2.19. The minimum absolute atomic E-state index is 0.0836. The van der Waals surface area contributed by atoms with Crippen LogP contribution < -0.4 is 5.32 Å². The first-order chi connectivity index (χ1) is 10.5. The zero-order valence-electron chi connectivity index (χ0n) is 12.5. The second kappa shape index (κ2) is 7.22. The maximum atomic E-state index is 11.7. The van der Waals surface area contributed by atoms with Crippen molar-refractivity contribution < 1.29 is 13.2 Å². The van der Waals surface area contributed by atoms with Crippen LogP contribution in [-0.2, 0) is 14.6 Å². The molecule has 4 nitrogen and oxygen atoms in total. The van der Waals surface area contributed by atoms with Gasteiger partial charge in [0.05, 0.1) is 5.75 Å². The monoisotopic (exact) mass is 317 g/mol. The molecule has 0 saturated carbocycles. The Hall–Kier alpha value is -2.14. The second-order valence-electron chi connectivity index (χ2n) is 5.18. The molecule has 2 rings (SSSR count). The number of fused-ring (bicyclic) bond motifs is 1. The molecule has 0 aliphatic heterocycles. The normalized spacial score (nSPS) is 11.9. The molecule has 0 aromatic heterocycles. The largest absolute Gasteiger partial charge is 0.353 e. The Kier molecular flexibility index (Phi) is 5.33. The average Bonchev–Trinajstić information content (AvgIpc) is 2.48. The van der Waals surface area contributed by atoms with E-state index in [0.717, 1.165) is 16.3 Å². The van der Waals surface area contributed by atoms with Gasteiger partial charge < -0.3 is 5.32 Å². The Bertz CT molecular complexity index is 789. The number of sulfone groups is 1. The third kappa shape index (κ3) is 5.00. The lowest BCUT2D eigenvalue weighted by molar-refractivity contribution is -0.116. The van der Waals surface area contributed by atoms with Crippen molar-refractivity contribution in [3.05, 3.63) is 54.1 Å². The minimum Gasteiger partial charge on any atom is -0.353 e. The summed E-state index contributed by atoms with van der Waals surface area (Å²) >= 11 is 0. The van der Waals surface area contributed by atoms with Crippen LogP contribution in [0.15, 0.2) is 48.5 Å². The predicted molar refractivity (Wildman–Crippen MR) is 90.3 cm³/mol. The van der Waals surface area contributed by atoms with Gasteiger partial charge in [-0.05, 0) is 28.8 Å². The number of hydrogen-bond acceptors (Lipinski definition) is 3. The molecule has 0 unspecified atom stereocenters. The maximum Gasteiger partial charge on any atom is 0.243 e. The van der Waals surface area contributed by atoms with E-state index in [-0.39, 0.29) is 11.7 Å². The van der Waals surface area contributed by atoms with E-state index in [1.54, 1.807) is 6.08 Å². The maximum absolute atomic E-state index is 11.7. The number of rotatable bonds is 6. The van der Waals surface area contributed by atoms with Crippen molar-refractivity contribution in [1.29, 1.82) is 0 Å². The fraction of sp³-hybridized carbons (Fsp3) is 0.235. The molecule has 116 valence electrons. The Morgan fingerprint density at radius 1 is 1.14 bits per heavy atom. The zero-order chi connectivity index (χ0) is 16.0. The molecule has 5 heteroatoms. The summed E-state index contributed by atoms with van der Waals surface area (Å²) in [6, 6.07) is 13.9. The summed E-state index contributed by atoms with van der Waals surface area (Å²) in [5, 5.41) is 4.90. The molecular weight excluding hydrogens is 298 g/mol. The molecule has 1 amide bonds. The number of hydrogen-bond donors (Lipinski definition) is 1. The first-order valence-corrected chi connectivity index (χ1v) is 9.13. The van der Waals surface area contributed by atoms with Crippen LogP contribution in [0.5, 0.6) is 0 Å². The molecule has 0 bridgehead atoms. The first kappa shape index (κ1) is 16.2. The van der Waals surface area contributed by atoms with Crippen molar-refractivity contribution in [1.82, 2.24) is 5.32 Å². The summed E-state index contributed by atoms with van der Waals surface area (Å²) in [6.45, 7) is 0.353. The van der Waals surface area contributed by atoms with Gasteiger partial charge in [-0.3, -0.25) is 4.79 Å². The van der Waals surface area contributed by atoms with E-state index in [1.165, 1.54) is 12.3 Å². The average molecular weight is 317 g/mol. The fourth-order valence-corrected chi connectivity index (χ4v) is 2.83. The summed E-state index contributed by atoms with van der Waals surface area (Å²) in [7, 11) is -2.97. The van der Waals surface area contributed by atoms with Gasteiger partial charge in [-0.1, -0.05) is 42.5 Å². The molecule has 1 N–H and O–H groups in total. The third-order valence-corrected chi connectivity index (χ3v) is 4.26. The van der Waals surface area contributed by atoms with E-state index in [1.807, 2.05) is 42.5 Å². The van der Waals surface area contributed by atoms with Gasteiger partial charge >= 0.3 is 0 Å². The summed E-state index contributed by atoms with van der Waals surface area (Å²) < 4.78 is 22.0. The highest BCUT2D eigenvalue weighted by molar-refractivity contribution is 7.90. The second-order valence-corrected chi connectivity index (χ2v) is 7.44. The van der Waals surface area contributed by atoms with Crippen molar-refractivity contribution in [2.24, 2.45) is 0 Å². The SMILES string of the molecule is CS(=O)(=O)CCCNC(=O)C=Cc1cccc2ccccc12. The van der Waals surface area contributed by atoms with Gasteiger partial charge in [0.2, 0.25) is 5.91 Å². The van der Waals surface area contributed by atoms with Crippen LogP contribution in [0.25, 0.3) is 16.8 Å². The van der Waals surface area contributed by atoms with Crippen LogP contribution in [0.1, 0.15) is 12.0 Å². The van der Waals surface area contributed by atoms with E-state index >= 15 is 0 Å². The molecular formula is C17H19NO3S. The minimum atomic E-state index is -2.97. The van der Waals surface area contributed by atoms with E-state index in [4.69, 9.17) is 0 Å². The number of amides is 1. The van der Waals surface area contributed by atoms with E-state index in [2.05, 4.69) is 5.32 Å². The molecule has 0 heterocycles.